The molecule has 0 aliphatic heterocycles. The molecule has 0 saturated heterocycles. The molecule has 5 nitrogen and oxygen atoms in total. The molecule has 0 aliphatic rings. The van der Waals surface area contributed by atoms with Gasteiger partial charge in [0.15, 0.2) is 10.9 Å². The van der Waals surface area contributed by atoms with Crippen molar-refractivity contribution in [3.63, 3.8) is 0 Å². The topological polar surface area (TPSA) is 63.7 Å². The molecule has 0 fully saturated rings. The van der Waals surface area contributed by atoms with Crippen LogP contribution in [0.5, 0.6) is 5.75 Å². The number of carbonyl (C=O) groups is 3. The van der Waals surface area contributed by atoms with Crippen molar-refractivity contribution in [1.29, 1.82) is 0 Å². The second-order valence-corrected chi connectivity index (χ2v) is 6.50. The van der Waals surface area contributed by atoms with E-state index in [0.29, 0.717) is 11.1 Å². The minimum absolute atomic E-state index is 0.0961. The van der Waals surface area contributed by atoms with Crippen molar-refractivity contribution in [3.8, 4) is 5.75 Å². The van der Waals surface area contributed by atoms with Crippen LogP contribution in [-0.4, -0.2) is 36.7 Å². The predicted octanol–water partition coefficient (Wildman–Crippen LogP) is 3.43. The summed E-state index contributed by atoms with van der Waals surface area (Å²) in [5, 5.41) is -0.0961. The monoisotopic (exact) mass is 357 g/mol. The van der Waals surface area contributed by atoms with E-state index in [1.807, 2.05) is 0 Å². The Balaban J connectivity index is 2.08. The van der Waals surface area contributed by atoms with Crippen LogP contribution in [-0.2, 0) is 4.79 Å². The van der Waals surface area contributed by atoms with E-state index in [1.165, 1.54) is 11.8 Å². The standard InChI is InChI=1S/C19H19NO4S/c1-13(21)25-12-18(22)14-4-6-15(7-5-14)19(23)20(2)16-8-10-17(24-3)11-9-16/h4-11H,12H2,1-3H3. The minimum Gasteiger partial charge on any atom is -0.497 e. The van der Waals surface area contributed by atoms with Gasteiger partial charge in [0, 0.05) is 30.8 Å². The fourth-order valence-corrected chi connectivity index (χ4v) is 2.67. The van der Waals surface area contributed by atoms with Crippen LogP contribution < -0.4 is 9.64 Å². The molecule has 0 spiro atoms. The smallest absolute Gasteiger partial charge is 0.258 e. The first-order valence-corrected chi connectivity index (χ1v) is 8.59. The lowest BCUT2D eigenvalue weighted by atomic mass is 10.1. The Labute approximate surface area is 151 Å². The second-order valence-electron chi connectivity index (χ2n) is 5.34. The van der Waals surface area contributed by atoms with Gasteiger partial charge in [0.2, 0.25) is 0 Å². The molecule has 2 aromatic rings. The Hall–Kier alpha value is -2.60. The highest BCUT2D eigenvalue weighted by Crippen LogP contribution is 2.20. The Morgan fingerprint density at radius 1 is 0.960 bits per heavy atom. The van der Waals surface area contributed by atoms with Gasteiger partial charge in [-0.05, 0) is 36.4 Å². The van der Waals surface area contributed by atoms with Crippen LogP contribution >= 0.6 is 11.8 Å². The van der Waals surface area contributed by atoms with Crippen LogP contribution in [0.3, 0.4) is 0 Å². The number of amides is 1. The van der Waals surface area contributed by atoms with Crippen LogP contribution in [0, 0.1) is 0 Å². The minimum atomic E-state index is -0.178. The third kappa shape index (κ3) is 4.93. The van der Waals surface area contributed by atoms with Crippen LogP contribution in [0.4, 0.5) is 5.69 Å². The number of benzene rings is 2. The molecule has 0 heterocycles. The Bertz CT molecular complexity index is 769. The number of Topliss-reactive ketones (excluding diaryl/α,β-unsaturated/α-hetero) is 1. The van der Waals surface area contributed by atoms with Crippen molar-refractivity contribution >= 4 is 34.3 Å². The quantitative estimate of drug-likeness (QED) is 0.741. The summed E-state index contributed by atoms with van der Waals surface area (Å²) < 4.78 is 5.11. The van der Waals surface area contributed by atoms with Gasteiger partial charge in [-0.2, -0.15) is 0 Å². The SMILES string of the molecule is COc1ccc(N(C)C(=O)c2ccc(C(=O)CSC(C)=O)cc2)cc1. The lowest BCUT2D eigenvalue weighted by Crippen LogP contribution is -2.26. The highest BCUT2D eigenvalue weighted by atomic mass is 32.2. The van der Waals surface area contributed by atoms with Crippen LogP contribution in [0.1, 0.15) is 27.6 Å². The van der Waals surface area contributed by atoms with Crippen molar-refractivity contribution < 1.29 is 19.1 Å². The van der Waals surface area contributed by atoms with Crippen LogP contribution in [0.15, 0.2) is 48.5 Å². The highest BCUT2D eigenvalue weighted by Gasteiger charge is 2.15. The maximum Gasteiger partial charge on any atom is 0.258 e. The zero-order valence-electron chi connectivity index (χ0n) is 14.3. The Morgan fingerprint density at radius 3 is 2.04 bits per heavy atom. The van der Waals surface area contributed by atoms with E-state index < -0.39 is 0 Å². The zero-order chi connectivity index (χ0) is 18.4. The van der Waals surface area contributed by atoms with E-state index in [9.17, 15) is 14.4 Å². The third-order valence-corrected chi connectivity index (χ3v) is 4.44. The van der Waals surface area contributed by atoms with E-state index in [1.54, 1.807) is 62.7 Å². The molecular weight excluding hydrogens is 338 g/mol. The number of ether oxygens (including phenoxy) is 1. The molecule has 0 aromatic heterocycles. The predicted molar refractivity (Wildman–Crippen MR) is 99.6 cm³/mol. The van der Waals surface area contributed by atoms with Crippen molar-refractivity contribution in [2.24, 2.45) is 0 Å². The Morgan fingerprint density at radius 2 is 1.52 bits per heavy atom. The fourth-order valence-electron chi connectivity index (χ4n) is 2.17. The lowest BCUT2D eigenvalue weighted by Gasteiger charge is -2.18. The number of carbonyl (C=O) groups excluding carboxylic acids is 3. The molecular formula is C19H19NO4S. The molecule has 0 N–H and O–H groups in total. The van der Waals surface area contributed by atoms with Gasteiger partial charge in [0.25, 0.3) is 5.91 Å². The molecule has 2 aromatic carbocycles. The first kappa shape index (κ1) is 18.7. The normalized spacial score (nSPS) is 10.2. The summed E-state index contributed by atoms with van der Waals surface area (Å²) in [6.45, 7) is 1.43. The molecule has 2 rings (SSSR count). The average molecular weight is 357 g/mol. The summed E-state index contributed by atoms with van der Waals surface area (Å²) in [6.07, 6.45) is 0. The van der Waals surface area contributed by atoms with Crippen LogP contribution in [0.25, 0.3) is 0 Å². The summed E-state index contributed by atoms with van der Waals surface area (Å²) in [4.78, 5) is 37.0. The summed E-state index contributed by atoms with van der Waals surface area (Å²) in [6, 6.07) is 13.6. The van der Waals surface area contributed by atoms with Crippen molar-refractivity contribution in [2.75, 3.05) is 24.8 Å². The molecule has 0 aliphatic carbocycles. The largest absolute Gasteiger partial charge is 0.497 e. The number of rotatable bonds is 6. The highest BCUT2D eigenvalue weighted by molar-refractivity contribution is 8.14. The van der Waals surface area contributed by atoms with E-state index in [-0.39, 0.29) is 22.6 Å². The van der Waals surface area contributed by atoms with E-state index in [2.05, 4.69) is 0 Å². The first-order chi connectivity index (χ1) is 11.9. The van der Waals surface area contributed by atoms with Gasteiger partial charge in [0.05, 0.1) is 12.9 Å². The molecule has 130 valence electrons. The molecule has 0 saturated carbocycles. The molecule has 1 amide bonds. The van der Waals surface area contributed by atoms with Gasteiger partial charge in [-0.25, -0.2) is 0 Å². The fraction of sp³-hybridized carbons (Fsp3) is 0.211. The summed E-state index contributed by atoms with van der Waals surface area (Å²) in [5.41, 5.74) is 1.70. The summed E-state index contributed by atoms with van der Waals surface area (Å²) >= 11 is 0.976. The van der Waals surface area contributed by atoms with Gasteiger partial charge in [-0.1, -0.05) is 23.9 Å². The number of anilines is 1. The van der Waals surface area contributed by atoms with Gasteiger partial charge in [-0.15, -0.1) is 0 Å². The Kier molecular flexibility index (Phi) is 6.36. The van der Waals surface area contributed by atoms with Crippen LogP contribution in [0.2, 0.25) is 0 Å². The van der Waals surface area contributed by atoms with Crippen molar-refractivity contribution in [1.82, 2.24) is 0 Å². The van der Waals surface area contributed by atoms with Crippen molar-refractivity contribution in [2.45, 2.75) is 6.92 Å². The number of thioether (sulfide) groups is 1. The van der Waals surface area contributed by atoms with E-state index >= 15 is 0 Å². The zero-order valence-corrected chi connectivity index (χ0v) is 15.1. The van der Waals surface area contributed by atoms with E-state index in [0.717, 1.165) is 23.2 Å². The number of nitrogens with zero attached hydrogens (tertiary/aromatic N) is 1. The maximum atomic E-state index is 12.6. The molecule has 0 bridgehead atoms. The number of hydrogen-bond donors (Lipinski definition) is 0. The van der Waals surface area contributed by atoms with Gasteiger partial charge in [0.1, 0.15) is 5.75 Å². The number of ketones is 1. The molecule has 6 heteroatoms. The second kappa shape index (κ2) is 8.48. The van der Waals surface area contributed by atoms with Gasteiger partial charge < -0.3 is 9.64 Å². The molecule has 25 heavy (non-hydrogen) atoms. The third-order valence-electron chi connectivity index (χ3n) is 3.62. The number of methoxy groups -OCH3 is 1. The molecule has 0 radical (unpaired) electrons. The lowest BCUT2D eigenvalue weighted by molar-refractivity contribution is -0.109. The van der Waals surface area contributed by atoms with Gasteiger partial charge in [-0.3, -0.25) is 14.4 Å². The van der Waals surface area contributed by atoms with E-state index in [4.69, 9.17) is 4.74 Å². The number of hydrogen-bond acceptors (Lipinski definition) is 5. The molecule has 0 unspecified atom stereocenters. The first-order valence-electron chi connectivity index (χ1n) is 7.61. The molecule has 0 atom stereocenters. The van der Waals surface area contributed by atoms with Gasteiger partial charge >= 0.3 is 0 Å². The average Bonchev–Trinajstić information content (AvgIpc) is 2.65. The maximum absolute atomic E-state index is 12.6. The summed E-state index contributed by atoms with van der Waals surface area (Å²) in [7, 11) is 3.27. The van der Waals surface area contributed by atoms with Crippen molar-refractivity contribution in [3.05, 3.63) is 59.7 Å². The summed E-state index contributed by atoms with van der Waals surface area (Å²) in [5.74, 6) is 0.509.